The van der Waals surface area contributed by atoms with E-state index in [2.05, 4.69) is 5.32 Å². The molecule has 4 N–H and O–H groups in total. The SMILES string of the molecule is CC(C)C[C@H](N)C(=O)NC(C)(C)C(O)C[C]=O. The first-order chi connectivity index (χ1) is 7.70. The summed E-state index contributed by atoms with van der Waals surface area (Å²) in [6, 6.07) is -0.596. The number of hydrogen-bond donors (Lipinski definition) is 3. The van der Waals surface area contributed by atoms with E-state index in [1.165, 1.54) is 0 Å². The third-order valence-electron chi connectivity index (χ3n) is 2.62. The van der Waals surface area contributed by atoms with Crippen molar-refractivity contribution >= 4 is 12.2 Å². The summed E-state index contributed by atoms with van der Waals surface area (Å²) in [5.41, 5.74) is 4.84. The quantitative estimate of drug-likeness (QED) is 0.592. The number of aliphatic hydroxyl groups excluding tert-OH is 1. The number of rotatable bonds is 7. The molecule has 0 aromatic rings. The van der Waals surface area contributed by atoms with E-state index in [0.29, 0.717) is 12.3 Å². The highest BCUT2D eigenvalue weighted by Gasteiger charge is 2.31. The second-order valence-corrected chi connectivity index (χ2v) is 5.31. The van der Waals surface area contributed by atoms with Crippen LogP contribution in [0.3, 0.4) is 0 Å². The summed E-state index contributed by atoms with van der Waals surface area (Å²) < 4.78 is 0. The molecule has 17 heavy (non-hydrogen) atoms. The summed E-state index contributed by atoms with van der Waals surface area (Å²) in [6.45, 7) is 7.26. The summed E-state index contributed by atoms with van der Waals surface area (Å²) in [5, 5.41) is 12.3. The molecule has 0 spiro atoms. The number of carbonyl (C=O) groups excluding carboxylic acids is 2. The monoisotopic (exact) mass is 243 g/mol. The van der Waals surface area contributed by atoms with Gasteiger partial charge in [-0.2, -0.15) is 0 Å². The lowest BCUT2D eigenvalue weighted by molar-refractivity contribution is -0.125. The molecule has 0 saturated carbocycles. The van der Waals surface area contributed by atoms with Crippen LogP contribution in [0.1, 0.15) is 40.5 Å². The summed E-state index contributed by atoms with van der Waals surface area (Å²) >= 11 is 0. The van der Waals surface area contributed by atoms with Crippen LogP contribution < -0.4 is 11.1 Å². The van der Waals surface area contributed by atoms with Crippen molar-refractivity contribution < 1.29 is 14.7 Å². The van der Waals surface area contributed by atoms with Crippen LogP contribution in [0.15, 0.2) is 0 Å². The van der Waals surface area contributed by atoms with E-state index in [1.54, 1.807) is 20.1 Å². The molecule has 0 aliphatic carbocycles. The Bertz CT molecular complexity index is 264. The average molecular weight is 243 g/mol. The van der Waals surface area contributed by atoms with Gasteiger partial charge in [0.15, 0.2) is 0 Å². The predicted octanol–water partition coefficient (Wildman–Crippen LogP) is 0.115. The Morgan fingerprint density at radius 2 is 2.00 bits per heavy atom. The minimum atomic E-state index is -0.963. The molecule has 0 aromatic heterocycles. The second-order valence-electron chi connectivity index (χ2n) is 5.31. The molecule has 2 atom stereocenters. The Balaban J connectivity index is 4.39. The Morgan fingerprint density at radius 3 is 2.41 bits per heavy atom. The molecule has 5 nitrogen and oxygen atoms in total. The maximum absolute atomic E-state index is 11.8. The lowest BCUT2D eigenvalue weighted by Crippen LogP contribution is -2.56. The largest absolute Gasteiger partial charge is 0.390 e. The van der Waals surface area contributed by atoms with Crippen LogP contribution in [0.4, 0.5) is 0 Å². The summed E-state index contributed by atoms with van der Waals surface area (Å²) in [7, 11) is 0. The van der Waals surface area contributed by atoms with Crippen LogP contribution in [0.5, 0.6) is 0 Å². The van der Waals surface area contributed by atoms with E-state index in [0.717, 1.165) is 0 Å². The first-order valence-electron chi connectivity index (χ1n) is 5.81. The highest BCUT2D eigenvalue weighted by molar-refractivity contribution is 5.82. The second kappa shape index (κ2) is 6.71. The molecule has 1 amide bonds. The highest BCUT2D eigenvalue weighted by atomic mass is 16.3. The maximum atomic E-state index is 11.8. The van der Waals surface area contributed by atoms with Gasteiger partial charge in [0.05, 0.1) is 17.7 Å². The zero-order valence-corrected chi connectivity index (χ0v) is 11.0. The van der Waals surface area contributed by atoms with Crippen molar-refractivity contribution in [3.8, 4) is 0 Å². The number of carbonyl (C=O) groups is 1. The van der Waals surface area contributed by atoms with E-state index < -0.39 is 17.7 Å². The van der Waals surface area contributed by atoms with E-state index in [1.807, 2.05) is 13.8 Å². The van der Waals surface area contributed by atoms with Gasteiger partial charge >= 0.3 is 0 Å². The molecule has 1 unspecified atom stereocenters. The van der Waals surface area contributed by atoms with Crippen LogP contribution in [0.2, 0.25) is 0 Å². The minimum Gasteiger partial charge on any atom is -0.390 e. The van der Waals surface area contributed by atoms with Crippen molar-refractivity contribution in [1.82, 2.24) is 5.32 Å². The van der Waals surface area contributed by atoms with Crippen molar-refractivity contribution in [1.29, 1.82) is 0 Å². The van der Waals surface area contributed by atoms with Crippen molar-refractivity contribution in [2.45, 2.75) is 58.2 Å². The molecule has 5 heteroatoms. The number of aliphatic hydroxyl groups is 1. The van der Waals surface area contributed by atoms with Gasteiger partial charge in [-0.15, -0.1) is 0 Å². The summed E-state index contributed by atoms with van der Waals surface area (Å²) in [5.74, 6) is 0.0146. The van der Waals surface area contributed by atoms with E-state index in [4.69, 9.17) is 5.73 Å². The minimum absolute atomic E-state index is 0.132. The Morgan fingerprint density at radius 1 is 1.47 bits per heavy atom. The van der Waals surface area contributed by atoms with Gasteiger partial charge in [-0.3, -0.25) is 9.59 Å². The summed E-state index contributed by atoms with van der Waals surface area (Å²) in [4.78, 5) is 22.0. The van der Waals surface area contributed by atoms with Gasteiger partial charge in [0.25, 0.3) is 0 Å². The number of nitrogens with two attached hydrogens (primary N) is 1. The lowest BCUT2D eigenvalue weighted by Gasteiger charge is -2.32. The van der Waals surface area contributed by atoms with E-state index in [-0.39, 0.29) is 12.3 Å². The van der Waals surface area contributed by atoms with Crippen LogP contribution >= 0.6 is 0 Å². The topological polar surface area (TPSA) is 92.4 Å². The van der Waals surface area contributed by atoms with Crippen LogP contribution in [-0.2, 0) is 9.59 Å². The molecule has 0 rings (SSSR count). The molecule has 99 valence electrons. The van der Waals surface area contributed by atoms with Crippen molar-refractivity contribution in [2.75, 3.05) is 0 Å². The molecular weight excluding hydrogens is 220 g/mol. The van der Waals surface area contributed by atoms with Crippen molar-refractivity contribution in [3.05, 3.63) is 0 Å². The molecule has 0 fully saturated rings. The van der Waals surface area contributed by atoms with Gasteiger partial charge < -0.3 is 16.2 Å². The van der Waals surface area contributed by atoms with Crippen molar-refractivity contribution in [3.63, 3.8) is 0 Å². The van der Waals surface area contributed by atoms with Gasteiger partial charge in [-0.05, 0) is 26.2 Å². The Kier molecular flexibility index (Phi) is 6.34. The fraction of sp³-hybridized carbons (Fsp3) is 0.833. The van der Waals surface area contributed by atoms with Gasteiger partial charge in [-0.1, -0.05) is 13.8 Å². The number of amides is 1. The molecule has 1 radical (unpaired) electrons. The molecule has 0 bridgehead atoms. The fourth-order valence-electron chi connectivity index (χ4n) is 1.44. The molecule has 0 aliphatic rings. The smallest absolute Gasteiger partial charge is 0.237 e. The van der Waals surface area contributed by atoms with Gasteiger partial charge in [0, 0.05) is 6.42 Å². The molecule has 0 saturated heterocycles. The number of hydrogen-bond acceptors (Lipinski definition) is 4. The summed E-state index contributed by atoms with van der Waals surface area (Å²) in [6.07, 6.45) is 1.11. The predicted molar refractivity (Wildman–Crippen MR) is 66.0 cm³/mol. The van der Waals surface area contributed by atoms with E-state index in [9.17, 15) is 14.7 Å². The van der Waals surface area contributed by atoms with Crippen LogP contribution in [0, 0.1) is 5.92 Å². The average Bonchev–Trinajstić information content (AvgIpc) is 2.16. The van der Waals surface area contributed by atoms with Gasteiger partial charge in [0.1, 0.15) is 0 Å². The maximum Gasteiger partial charge on any atom is 0.237 e. The molecular formula is C12H23N2O3. The van der Waals surface area contributed by atoms with Gasteiger partial charge in [0.2, 0.25) is 12.2 Å². The van der Waals surface area contributed by atoms with Gasteiger partial charge in [-0.25, -0.2) is 0 Å². The molecule has 0 aliphatic heterocycles. The molecule has 0 heterocycles. The first kappa shape index (κ1) is 16.1. The Labute approximate surface area is 103 Å². The molecule has 0 aromatic carbocycles. The number of nitrogens with one attached hydrogen (secondary N) is 1. The first-order valence-corrected chi connectivity index (χ1v) is 5.81. The highest BCUT2D eigenvalue weighted by Crippen LogP contribution is 2.12. The van der Waals surface area contributed by atoms with Crippen molar-refractivity contribution in [2.24, 2.45) is 11.7 Å². The third kappa shape index (κ3) is 5.79. The lowest BCUT2D eigenvalue weighted by atomic mass is 9.94. The third-order valence-corrected chi connectivity index (χ3v) is 2.62. The van der Waals surface area contributed by atoms with Crippen LogP contribution in [0.25, 0.3) is 0 Å². The van der Waals surface area contributed by atoms with E-state index >= 15 is 0 Å². The fourth-order valence-corrected chi connectivity index (χ4v) is 1.44. The standard InChI is InChI=1S/C12H23N2O3/c1-8(2)7-9(13)11(17)14-12(3,4)10(16)5-6-15/h8-10,16H,5,7,13H2,1-4H3,(H,14,17)/t9-,10?/m0/s1. The van der Waals surface area contributed by atoms with Crippen LogP contribution in [-0.4, -0.2) is 35.0 Å². The zero-order valence-electron chi connectivity index (χ0n) is 11.0. The normalized spacial score (nSPS) is 15.5. The zero-order chi connectivity index (χ0) is 13.6. The Hall–Kier alpha value is -0.940.